The average Bonchev–Trinajstić information content (AvgIpc) is 2.94. The van der Waals surface area contributed by atoms with Crippen LogP contribution in [0.2, 0.25) is 0 Å². The van der Waals surface area contributed by atoms with E-state index >= 15 is 0 Å². The first kappa shape index (κ1) is 15.0. The number of carbonyl (C=O) groups is 2. The Balaban J connectivity index is 1.97. The van der Waals surface area contributed by atoms with Gasteiger partial charge in [0.2, 0.25) is 0 Å². The third-order valence-electron chi connectivity index (χ3n) is 3.83. The van der Waals surface area contributed by atoms with Gasteiger partial charge in [-0.1, -0.05) is 6.92 Å². The summed E-state index contributed by atoms with van der Waals surface area (Å²) < 4.78 is 0. The Morgan fingerprint density at radius 1 is 1.35 bits per heavy atom. The molecule has 1 saturated heterocycles. The highest BCUT2D eigenvalue weighted by atomic mass is 32.1. The molecule has 0 aromatic carbocycles. The molecule has 1 N–H and O–H groups in total. The summed E-state index contributed by atoms with van der Waals surface area (Å²) >= 11 is 1.49. The summed E-state index contributed by atoms with van der Waals surface area (Å²) in [4.78, 5) is 28.0. The van der Waals surface area contributed by atoms with E-state index in [2.05, 4.69) is 0 Å². The lowest BCUT2D eigenvalue weighted by molar-refractivity contribution is -0.143. The molecule has 1 aliphatic rings. The van der Waals surface area contributed by atoms with Crippen LogP contribution < -0.4 is 0 Å². The molecule has 5 nitrogen and oxygen atoms in total. The van der Waals surface area contributed by atoms with Gasteiger partial charge in [0, 0.05) is 26.2 Å². The minimum Gasteiger partial charge on any atom is -0.480 e. The Bertz CT molecular complexity index is 492. The lowest BCUT2D eigenvalue weighted by Gasteiger charge is -2.36. The number of hydrogen-bond acceptors (Lipinski definition) is 4. The molecule has 1 unspecified atom stereocenters. The summed E-state index contributed by atoms with van der Waals surface area (Å²) in [5, 5.41) is 11.0. The average molecular weight is 296 g/mol. The number of hydrogen-bond donors (Lipinski definition) is 1. The van der Waals surface area contributed by atoms with Crippen molar-refractivity contribution >= 4 is 23.2 Å². The number of thiophene rings is 1. The maximum atomic E-state index is 12.5. The molecule has 1 aromatic rings. The quantitative estimate of drug-likeness (QED) is 0.915. The molecule has 2 heterocycles. The van der Waals surface area contributed by atoms with Gasteiger partial charge >= 0.3 is 5.97 Å². The first-order valence-corrected chi connectivity index (χ1v) is 7.75. The van der Waals surface area contributed by atoms with Gasteiger partial charge < -0.3 is 10.0 Å². The van der Waals surface area contributed by atoms with Gasteiger partial charge in [0.25, 0.3) is 5.91 Å². The highest BCUT2D eigenvalue weighted by Crippen LogP contribution is 2.20. The van der Waals surface area contributed by atoms with Crippen LogP contribution in [0.15, 0.2) is 11.4 Å². The van der Waals surface area contributed by atoms with Crippen LogP contribution in [-0.2, 0) is 11.2 Å². The zero-order valence-electron chi connectivity index (χ0n) is 11.8. The molecule has 110 valence electrons. The van der Waals surface area contributed by atoms with Crippen LogP contribution in [0.3, 0.4) is 0 Å². The Kier molecular flexibility index (Phi) is 4.77. The van der Waals surface area contributed by atoms with E-state index in [1.54, 1.807) is 6.92 Å². The van der Waals surface area contributed by atoms with Gasteiger partial charge in [0.15, 0.2) is 0 Å². The Morgan fingerprint density at radius 3 is 2.55 bits per heavy atom. The smallest absolute Gasteiger partial charge is 0.320 e. The van der Waals surface area contributed by atoms with Crippen LogP contribution in [-0.4, -0.2) is 59.0 Å². The Morgan fingerprint density at radius 2 is 2.00 bits per heavy atom. The van der Waals surface area contributed by atoms with Crippen LogP contribution in [0, 0.1) is 0 Å². The van der Waals surface area contributed by atoms with Gasteiger partial charge in [-0.25, -0.2) is 0 Å². The zero-order chi connectivity index (χ0) is 14.7. The molecular weight excluding hydrogens is 276 g/mol. The molecule has 0 saturated carbocycles. The normalized spacial score (nSPS) is 18.0. The van der Waals surface area contributed by atoms with Crippen molar-refractivity contribution in [3.8, 4) is 0 Å². The van der Waals surface area contributed by atoms with Crippen LogP contribution in [0.25, 0.3) is 0 Å². The van der Waals surface area contributed by atoms with E-state index in [0.717, 1.165) is 16.9 Å². The standard InChI is InChI=1S/C14H20N2O3S/c1-3-11-4-9-20-12(11)13(17)16-7-5-15(6-8-16)10(2)14(18)19/h4,9-10H,3,5-8H2,1-2H3,(H,18,19). The molecule has 2 rings (SSSR count). The highest BCUT2D eigenvalue weighted by Gasteiger charge is 2.28. The number of amides is 1. The summed E-state index contributed by atoms with van der Waals surface area (Å²) in [6.07, 6.45) is 0.862. The fourth-order valence-electron chi connectivity index (χ4n) is 2.41. The predicted octanol–water partition coefficient (Wildman–Crippen LogP) is 1.54. The zero-order valence-corrected chi connectivity index (χ0v) is 12.7. The Labute approximate surface area is 122 Å². The van der Waals surface area contributed by atoms with E-state index in [4.69, 9.17) is 5.11 Å². The second-order valence-corrected chi connectivity index (χ2v) is 5.89. The van der Waals surface area contributed by atoms with E-state index in [1.165, 1.54) is 11.3 Å². The molecule has 1 amide bonds. The summed E-state index contributed by atoms with van der Waals surface area (Å²) in [6.45, 7) is 6.16. The molecule has 1 aliphatic heterocycles. The molecule has 0 spiro atoms. The SMILES string of the molecule is CCc1ccsc1C(=O)N1CCN(C(C)C(=O)O)CC1. The lowest BCUT2D eigenvalue weighted by atomic mass is 10.1. The van der Waals surface area contributed by atoms with E-state index < -0.39 is 12.0 Å². The monoisotopic (exact) mass is 296 g/mol. The molecule has 20 heavy (non-hydrogen) atoms. The molecule has 0 bridgehead atoms. The van der Waals surface area contributed by atoms with Crippen molar-refractivity contribution in [3.63, 3.8) is 0 Å². The minimum absolute atomic E-state index is 0.0829. The van der Waals surface area contributed by atoms with Crippen molar-refractivity contribution in [3.05, 3.63) is 21.9 Å². The molecule has 6 heteroatoms. The number of carboxylic acids is 1. The number of aliphatic carboxylic acids is 1. The molecule has 1 fully saturated rings. The van der Waals surface area contributed by atoms with Crippen molar-refractivity contribution < 1.29 is 14.7 Å². The van der Waals surface area contributed by atoms with Gasteiger partial charge in [-0.15, -0.1) is 11.3 Å². The number of carbonyl (C=O) groups excluding carboxylic acids is 1. The summed E-state index contributed by atoms with van der Waals surface area (Å²) in [6, 6.07) is 1.51. The summed E-state index contributed by atoms with van der Waals surface area (Å²) in [7, 11) is 0. The van der Waals surface area contributed by atoms with E-state index in [-0.39, 0.29) is 5.91 Å². The van der Waals surface area contributed by atoms with E-state index in [1.807, 2.05) is 28.2 Å². The van der Waals surface area contributed by atoms with Gasteiger partial charge in [-0.05, 0) is 30.4 Å². The van der Waals surface area contributed by atoms with Crippen LogP contribution in [0.5, 0.6) is 0 Å². The fraction of sp³-hybridized carbons (Fsp3) is 0.571. The summed E-state index contributed by atoms with van der Waals surface area (Å²) in [5.74, 6) is -0.726. The molecule has 1 atom stereocenters. The topological polar surface area (TPSA) is 60.9 Å². The van der Waals surface area contributed by atoms with Crippen LogP contribution in [0.1, 0.15) is 29.1 Å². The maximum Gasteiger partial charge on any atom is 0.320 e. The fourth-order valence-corrected chi connectivity index (χ4v) is 3.38. The van der Waals surface area contributed by atoms with Gasteiger partial charge in [0.1, 0.15) is 6.04 Å². The number of piperazine rings is 1. The lowest BCUT2D eigenvalue weighted by Crippen LogP contribution is -2.53. The highest BCUT2D eigenvalue weighted by molar-refractivity contribution is 7.12. The van der Waals surface area contributed by atoms with Crippen LogP contribution >= 0.6 is 11.3 Å². The van der Waals surface area contributed by atoms with Gasteiger partial charge in [-0.3, -0.25) is 14.5 Å². The van der Waals surface area contributed by atoms with Crippen molar-refractivity contribution in [2.45, 2.75) is 26.3 Å². The third-order valence-corrected chi connectivity index (χ3v) is 4.77. The number of nitrogens with zero attached hydrogens (tertiary/aromatic N) is 2. The predicted molar refractivity (Wildman–Crippen MR) is 78.3 cm³/mol. The third kappa shape index (κ3) is 3.02. The number of aryl methyl sites for hydroxylation is 1. The first-order valence-electron chi connectivity index (χ1n) is 6.87. The summed E-state index contributed by atoms with van der Waals surface area (Å²) in [5.41, 5.74) is 1.10. The molecule has 0 aliphatic carbocycles. The van der Waals surface area contributed by atoms with Gasteiger partial charge in [0.05, 0.1) is 4.88 Å². The minimum atomic E-state index is -0.809. The first-order chi connectivity index (χ1) is 9.54. The second kappa shape index (κ2) is 6.37. The van der Waals surface area contributed by atoms with E-state index in [0.29, 0.717) is 26.2 Å². The largest absolute Gasteiger partial charge is 0.480 e. The molecule has 1 aromatic heterocycles. The van der Waals surface area contributed by atoms with Crippen LogP contribution in [0.4, 0.5) is 0 Å². The van der Waals surface area contributed by atoms with Crippen molar-refractivity contribution in [1.82, 2.24) is 9.80 Å². The molecule has 0 radical (unpaired) electrons. The second-order valence-electron chi connectivity index (χ2n) is 4.97. The van der Waals surface area contributed by atoms with Crippen molar-refractivity contribution in [2.75, 3.05) is 26.2 Å². The number of rotatable bonds is 4. The van der Waals surface area contributed by atoms with Crippen molar-refractivity contribution in [1.29, 1.82) is 0 Å². The maximum absolute atomic E-state index is 12.5. The molecular formula is C14H20N2O3S. The van der Waals surface area contributed by atoms with Crippen molar-refractivity contribution in [2.24, 2.45) is 0 Å². The number of carboxylic acid groups (broad SMARTS) is 1. The van der Waals surface area contributed by atoms with E-state index in [9.17, 15) is 9.59 Å². The Hall–Kier alpha value is -1.40. The van der Waals surface area contributed by atoms with Gasteiger partial charge in [-0.2, -0.15) is 0 Å².